The van der Waals surface area contributed by atoms with E-state index in [1.807, 2.05) is 32.0 Å². The molecule has 1 aromatic carbocycles. The van der Waals surface area contributed by atoms with Crippen molar-refractivity contribution in [2.24, 2.45) is 0 Å². The zero-order chi connectivity index (χ0) is 8.97. The molecule has 1 aromatic rings. The molecule has 1 rings (SSSR count). The Labute approximate surface area is 111 Å². The van der Waals surface area contributed by atoms with Crippen molar-refractivity contribution in [1.29, 1.82) is 0 Å². The molecule has 13 heavy (non-hydrogen) atoms. The van der Waals surface area contributed by atoms with Gasteiger partial charge in [0.05, 0.1) is 11.0 Å². The maximum atomic E-state index is 11.3. The van der Waals surface area contributed by atoms with Gasteiger partial charge in [0, 0.05) is 0 Å². The Morgan fingerprint density at radius 2 is 1.77 bits per heavy atom. The minimum absolute atomic E-state index is 0. The van der Waals surface area contributed by atoms with Gasteiger partial charge >= 0.3 is 37.7 Å². The van der Waals surface area contributed by atoms with Gasteiger partial charge < -0.3 is 0 Å². The summed E-state index contributed by atoms with van der Waals surface area (Å²) in [6.07, 6.45) is -0.00830. The summed E-state index contributed by atoms with van der Waals surface area (Å²) in [6.45, 7) is 3.72. The maximum absolute atomic E-state index is 11.3. The Balaban J connectivity index is 0.00000144. The van der Waals surface area contributed by atoms with E-state index in [9.17, 15) is 4.21 Å². The second-order valence-corrected chi connectivity index (χ2v) is 3.83. The summed E-state index contributed by atoms with van der Waals surface area (Å²) >= 11 is -1.31. The van der Waals surface area contributed by atoms with E-state index in [1.54, 1.807) is 12.1 Å². The minimum atomic E-state index is -1.31. The number of hydrogen-bond donors (Lipinski definition) is 0. The van der Waals surface area contributed by atoms with Gasteiger partial charge in [0.15, 0.2) is 11.1 Å². The fourth-order valence-corrected chi connectivity index (χ4v) is 1.60. The van der Waals surface area contributed by atoms with Crippen molar-refractivity contribution < 1.29 is 8.39 Å². The normalized spacial score (nSPS) is 12.2. The van der Waals surface area contributed by atoms with Crippen LogP contribution in [0.3, 0.4) is 0 Å². The van der Waals surface area contributed by atoms with Gasteiger partial charge in [-0.25, -0.2) is 4.21 Å². The van der Waals surface area contributed by atoms with E-state index in [4.69, 9.17) is 4.18 Å². The molecule has 0 aliphatic carbocycles. The van der Waals surface area contributed by atoms with E-state index in [0.29, 0.717) is 4.90 Å². The van der Waals surface area contributed by atoms with Crippen molar-refractivity contribution in [3.05, 3.63) is 30.3 Å². The second-order valence-electron chi connectivity index (χ2n) is 2.69. The average Bonchev–Trinajstić information content (AvgIpc) is 2.05. The molecule has 2 nitrogen and oxygen atoms in total. The zero-order valence-electron chi connectivity index (χ0n) is 7.19. The van der Waals surface area contributed by atoms with Crippen LogP contribution in [0.2, 0.25) is 0 Å². The van der Waals surface area contributed by atoms with Crippen molar-refractivity contribution in [3.63, 3.8) is 0 Å². The van der Waals surface area contributed by atoms with E-state index in [2.05, 4.69) is 0 Å². The molecule has 0 spiro atoms. The summed E-state index contributed by atoms with van der Waals surface area (Å²) in [7, 11) is 0. The topological polar surface area (TPSA) is 26.3 Å². The van der Waals surface area contributed by atoms with E-state index < -0.39 is 11.1 Å². The van der Waals surface area contributed by atoms with Crippen molar-refractivity contribution >= 4 is 48.8 Å². The van der Waals surface area contributed by atoms with Gasteiger partial charge in [0.1, 0.15) is 0 Å². The monoisotopic (exact) mass is 226 g/mol. The van der Waals surface area contributed by atoms with Crippen LogP contribution in [0.1, 0.15) is 13.8 Å². The predicted octanol–water partition coefficient (Wildman–Crippen LogP) is 1.22. The van der Waals surface area contributed by atoms with Crippen LogP contribution >= 0.6 is 0 Å². The number of rotatable bonds is 3. The summed E-state index contributed by atoms with van der Waals surface area (Å²) < 4.78 is 16.5. The molecule has 0 aromatic heterocycles. The van der Waals surface area contributed by atoms with E-state index in [-0.39, 0.29) is 43.8 Å². The fourth-order valence-electron chi connectivity index (χ4n) is 0.762. The van der Waals surface area contributed by atoms with Crippen LogP contribution in [0.25, 0.3) is 0 Å². The van der Waals surface area contributed by atoms with Gasteiger partial charge in [-0.1, -0.05) is 18.2 Å². The zero-order valence-corrected chi connectivity index (χ0v) is 8.01. The van der Waals surface area contributed by atoms with Gasteiger partial charge in [-0.15, -0.1) is 0 Å². The Morgan fingerprint density at radius 1 is 1.23 bits per heavy atom. The molecule has 0 bridgehead atoms. The molecule has 0 aliphatic heterocycles. The fraction of sp³-hybridized carbons (Fsp3) is 0.333. The molecule has 0 N–H and O–H groups in total. The molecular weight excluding hydrogens is 212 g/mol. The summed E-state index contributed by atoms with van der Waals surface area (Å²) in [6, 6.07) is 9.15. The third-order valence-corrected chi connectivity index (χ3v) is 2.43. The van der Waals surface area contributed by atoms with E-state index >= 15 is 0 Å². The third-order valence-electron chi connectivity index (χ3n) is 1.22. The molecule has 0 radical (unpaired) electrons. The first-order valence-electron chi connectivity index (χ1n) is 3.84. The van der Waals surface area contributed by atoms with Crippen LogP contribution in [0.5, 0.6) is 0 Å². The van der Waals surface area contributed by atoms with Crippen molar-refractivity contribution in [2.45, 2.75) is 24.8 Å². The number of benzene rings is 1. The first kappa shape index (κ1) is 13.6. The first-order valence-corrected chi connectivity index (χ1v) is 4.91. The van der Waals surface area contributed by atoms with Crippen LogP contribution in [-0.4, -0.2) is 48.1 Å². The van der Waals surface area contributed by atoms with Gasteiger partial charge in [-0.2, -0.15) is 0 Å². The predicted molar refractivity (Wildman–Crippen MR) is 57.6 cm³/mol. The number of hydrogen-bond acceptors (Lipinski definition) is 2. The Hall–Kier alpha value is 0.590. The molecule has 0 saturated carbocycles. The van der Waals surface area contributed by atoms with Crippen LogP contribution < -0.4 is 0 Å². The summed E-state index contributed by atoms with van der Waals surface area (Å²) in [5.41, 5.74) is 0. The molecule has 0 fully saturated rings. The summed E-state index contributed by atoms with van der Waals surface area (Å²) in [5, 5.41) is 0. The summed E-state index contributed by atoms with van der Waals surface area (Å²) in [4.78, 5) is 0.714. The first-order chi connectivity index (χ1) is 5.70. The van der Waals surface area contributed by atoms with Crippen molar-refractivity contribution in [2.75, 3.05) is 0 Å². The molecule has 0 heterocycles. The molecule has 0 saturated heterocycles. The Bertz CT molecular complexity index is 262. The van der Waals surface area contributed by atoms with Gasteiger partial charge in [-0.05, 0) is 26.0 Å². The van der Waals surface area contributed by atoms with Crippen molar-refractivity contribution in [1.82, 2.24) is 0 Å². The van der Waals surface area contributed by atoms with E-state index in [0.717, 1.165) is 0 Å². The second kappa shape index (κ2) is 6.96. The van der Waals surface area contributed by atoms with Crippen molar-refractivity contribution in [3.8, 4) is 0 Å². The molecular formula is C9H14CaO2S. The molecule has 0 aliphatic rings. The Kier molecular flexibility index (Phi) is 7.27. The van der Waals surface area contributed by atoms with Gasteiger partial charge in [0.25, 0.3) is 0 Å². The van der Waals surface area contributed by atoms with Gasteiger partial charge in [0.2, 0.25) is 0 Å². The molecule has 4 heteroatoms. The third kappa shape index (κ3) is 5.13. The molecule has 0 amide bonds. The average molecular weight is 226 g/mol. The SMILES string of the molecule is CC(C)OS(=O)c1ccccc1.[CaH2]. The van der Waals surface area contributed by atoms with Crippen LogP contribution in [-0.2, 0) is 15.3 Å². The Morgan fingerprint density at radius 3 is 2.23 bits per heavy atom. The molecule has 70 valence electrons. The van der Waals surface area contributed by atoms with E-state index in [1.165, 1.54) is 0 Å². The molecule has 1 atom stereocenters. The molecule has 1 unspecified atom stereocenters. The van der Waals surface area contributed by atoms with Crippen LogP contribution in [0.4, 0.5) is 0 Å². The van der Waals surface area contributed by atoms with Gasteiger partial charge in [-0.3, -0.25) is 4.18 Å². The van der Waals surface area contributed by atoms with Crippen LogP contribution in [0.15, 0.2) is 35.2 Å². The van der Waals surface area contributed by atoms with Crippen LogP contribution in [0, 0.1) is 0 Å². The quantitative estimate of drug-likeness (QED) is 0.724. The standard InChI is InChI=1S/C9H12O2S.Ca.2H/c1-8(2)11-12(10)9-6-4-3-5-7-9;;;/h3-8H,1-2H3;;;. The summed E-state index contributed by atoms with van der Waals surface area (Å²) in [5.74, 6) is 0.